The molecule has 6 nitrogen and oxygen atoms in total. The Hall–Kier alpha value is -0.690. The third-order valence-corrected chi connectivity index (χ3v) is 8.27. The summed E-state index contributed by atoms with van der Waals surface area (Å²) in [5, 5.41) is 0. The van der Waals surface area contributed by atoms with Gasteiger partial charge >= 0.3 is 5.97 Å². The second kappa shape index (κ2) is 6.93. The van der Waals surface area contributed by atoms with Gasteiger partial charge in [-0.05, 0) is 56.8 Å². The summed E-state index contributed by atoms with van der Waals surface area (Å²) in [6.07, 6.45) is 8.06. The highest BCUT2D eigenvalue weighted by Crippen LogP contribution is 2.60. The molecular weight excluding hydrogens is 360 g/mol. The first-order valence-corrected chi connectivity index (χ1v) is 11.3. The van der Waals surface area contributed by atoms with Gasteiger partial charge in [0, 0.05) is 24.7 Å². The van der Waals surface area contributed by atoms with Gasteiger partial charge in [0.15, 0.2) is 11.9 Å². The maximum absolute atomic E-state index is 12.6. The van der Waals surface area contributed by atoms with Crippen molar-refractivity contribution in [3.63, 3.8) is 0 Å². The molecule has 6 heteroatoms. The van der Waals surface area contributed by atoms with Crippen LogP contribution in [0.15, 0.2) is 0 Å². The third-order valence-electron chi connectivity index (χ3n) is 8.27. The summed E-state index contributed by atoms with van der Waals surface area (Å²) in [5.74, 6) is 0.645. The number of ether oxygens (including phenoxy) is 3. The van der Waals surface area contributed by atoms with E-state index in [9.17, 15) is 4.79 Å². The molecule has 4 saturated heterocycles. The lowest BCUT2D eigenvalue weighted by molar-refractivity contribution is -0.576. The molecule has 6 fully saturated rings. The minimum atomic E-state index is -0.795. The predicted molar refractivity (Wildman–Crippen MR) is 99.5 cm³/mol. The first kappa shape index (κ1) is 19.3. The molecule has 0 aromatic carbocycles. The molecule has 2 bridgehead atoms. The smallest absolute Gasteiger partial charge is 0.308 e. The average molecular weight is 395 g/mol. The van der Waals surface area contributed by atoms with Gasteiger partial charge in [0.25, 0.3) is 0 Å². The van der Waals surface area contributed by atoms with Crippen molar-refractivity contribution in [2.24, 2.45) is 29.6 Å². The highest BCUT2D eigenvalue weighted by atomic mass is 17.3. The number of fused-ring (bicyclic) bond motifs is 2. The quantitative estimate of drug-likeness (QED) is 0.525. The Bertz CT molecular complexity index is 618. The lowest BCUT2D eigenvalue weighted by Gasteiger charge is -2.59. The standard InChI is InChI=1S/C22H34O6/c1-13-8-9-17-14(2)19(24-18(23)12-15-6-4-5-7-15)25-20-22(17)16(13)10-11-21(3,26-20)27-28-22/h13-17,19-20H,4-12H2,1-3H3/t13-,14+,16+,17-,19-,20-,21-,22-/m1/s1. The monoisotopic (exact) mass is 394 g/mol. The molecule has 0 unspecified atom stereocenters. The lowest BCUT2D eigenvalue weighted by atomic mass is 9.58. The van der Waals surface area contributed by atoms with Crippen LogP contribution in [-0.4, -0.2) is 29.9 Å². The minimum absolute atomic E-state index is 0.0495. The molecule has 4 aliphatic heterocycles. The van der Waals surface area contributed by atoms with E-state index >= 15 is 0 Å². The summed E-state index contributed by atoms with van der Waals surface area (Å²) in [4.78, 5) is 24.5. The molecule has 8 atom stereocenters. The summed E-state index contributed by atoms with van der Waals surface area (Å²) in [7, 11) is 0. The van der Waals surface area contributed by atoms with E-state index in [1.54, 1.807) is 0 Å². The molecule has 2 aliphatic carbocycles. The lowest BCUT2D eigenvalue weighted by Crippen LogP contribution is -2.70. The van der Waals surface area contributed by atoms with Gasteiger partial charge < -0.3 is 14.2 Å². The van der Waals surface area contributed by atoms with Crippen LogP contribution in [0.1, 0.15) is 78.6 Å². The second-order valence-corrected chi connectivity index (χ2v) is 10.1. The molecule has 6 rings (SSSR count). The van der Waals surface area contributed by atoms with Crippen molar-refractivity contribution in [1.82, 2.24) is 0 Å². The van der Waals surface area contributed by atoms with E-state index in [1.165, 1.54) is 12.8 Å². The van der Waals surface area contributed by atoms with E-state index in [-0.39, 0.29) is 17.8 Å². The fraction of sp³-hybridized carbons (Fsp3) is 0.955. The Labute approximate surface area is 167 Å². The van der Waals surface area contributed by atoms with Crippen LogP contribution in [0.3, 0.4) is 0 Å². The molecular formula is C22H34O6. The fourth-order valence-corrected chi connectivity index (χ4v) is 6.63. The van der Waals surface area contributed by atoms with E-state index in [2.05, 4.69) is 13.8 Å². The van der Waals surface area contributed by atoms with Crippen molar-refractivity contribution in [1.29, 1.82) is 0 Å². The van der Waals surface area contributed by atoms with Crippen molar-refractivity contribution >= 4 is 5.97 Å². The van der Waals surface area contributed by atoms with Crippen molar-refractivity contribution in [2.45, 2.75) is 103 Å². The third kappa shape index (κ3) is 2.94. The number of esters is 1. The maximum atomic E-state index is 12.6. The summed E-state index contributed by atoms with van der Waals surface area (Å²) >= 11 is 0. The summed E-state index contributed by atoms with van der Waals surface area (Å²) < 4.78 is 18.5. The maximum Gasteiger partial charge on any atom is 0.308 e. The van der Waals surface area contributed by atoms with Gasteiger partial charge in [0.2, 0.25) is 12.1 Å². The van der Waals surface area contributed by atoms with Gasteiger partial charge in [0.1, 0.15) is 0 Å². The normalized spacial score (nSPS) is 50.8. The van der Waals surface area contributed by atoms with Crippen molar-refractivity contribution in [3.8, 4) is 0 Å². The second-order valence-electron chi connectivity index (χ2n) is 10.1. The highest BCUT2D eigenvalue weighted by molar-refractivity contribution is 5.69. The molecule has 0 aromatic heterocycles. The van der Waals surface area contributed by atoms with E-state index in [0.29, 0.717) is 24.2 Å². The zero-order chi connectivity index (χ0) is 19.5. The zero-order valence-electron chi connectivity index (χ0n) is 17.4. The SMILES string of the molecule is C[C@@H]1[C@H](OC(=O)CC2CCCC2)O[C@@H]2O[C@@]3(C)CC[C@H]4[C@H](C)CC[C@H]1[C@@]24OO3. The van der Waals surface area contributed by atoms with Gasteiger partial charge in [0.05, 0.1) is 0 Å². The summed E-state index contributed by atoms with van der Waals surface area (Å²) in [6.45, 7) is 6.34. The average Bonchev–Trinajstić information content (AvgIpc) is 3.05. The molecule has 28 heavy (non-hydrogen) atoms. The molecule has 0 radical (unpaired) electrons. The first-order chi connectivity index (χ1) is 13.4. The van der Waals surface area contributed by atoms with Crippen molar-refractivity contribution < 1.29 is 28.8 Å². The number of carbonyl (C=O) groups excluding carboxylic acids is 1. The minimum Gasteiger partial charge on any atom is -0.435 e. The van der Waals surface area contributed by atoms with Crippen LogP contribution in [-0.2, 0) is 28.8 Å². The number of hydrogen-bond donors (Lipinski definition) is 0. The molecule has 1 spiro atoms. The van der Waals surface area contributed by atoms with Gasteiger partial charge in [-0.25, -0.2) is 9.78 Å². The summed E-state index contributed by atoms with van der Waals surface area (Å²) in [5.41, 5.74) is -0.596. The Kier molecular flexibility index (Phi) is 4.77. The molecule has 0 N–H and O–H groups in total. The first-order valence-electron chi connectivity index (χ1n) is 11.3. The van der Waals surface area contributed by atoms with E-state index in [4.69, 9.17) is 24.0 Å². The van der Waals surface area contributed by atoms with E-state index in [1.807, 2.05) is 6.92 Å². The highest BCUT2D eigenvalue weighted by Gasteiger charge is 2.69. The Morgan fingerprint density at radius 3 is 2.61 bits per heavy atom. The zero-order valence-corrected chi connectivity index (χ0v) is 17.4. The molecule has 2 saturated carbocycles. The van der Waals surface area contributed by atoms with Gasteiger partial charge in [-0.3, -0.25) is 4.79 Å². The van der Waals surface area contributed by atoms with Crippen molar-refractivity contribution in [2.75, 3.05) is 0 Å². The Morgan fingerprint density at radius 2 is 1.82 bits per heavy atom. The number of carbonyl (C=O) groups is 1. The molecule has 158 valence electrons. The molecule has 6 aliphatic rings. The molecule has 0 amide bonds. The van der Waals surface area contributed by atoms with Crippen LogP contribution in [0.4, 0.5) is 0 Å². The van der Waals surface area contributed by atoms with Crippen molar-refractivity contribution in [3.05, 3.63) is 0 Å². The summed E-state index contributed by atoms with van der Waals surface area (Å²) in [6, 6.07) is 0. The van der Waals surface area contributed by atoms with Crippen LogP contribution in [0.5, 0.6) is 0 Å². The van der Waals surface area contributed by atoms with Crippen LogP contribution in [0.2, 0.25) is 0 Å². The molecule has 4 heterocycles. The van der Waals surface area contributed by atoms with E-state index < -0.39 is 24.0 Å². The predicted octanol–water partition coefficient (Wildman–Crippen LogP) is 4.32. The van der Waals surface area contributed by atoms with Gasteiger partial charge in [-0.1, -0.05) is 26.7 Å². The Balaban J connectivity index is 1.38. The van der Waals surface area contributed by atoms with Crippen LogP contribution < -0.4 is 0 Å². The van der Waals surface area contributed by atoms with Crippen LogP contribution >= 0.6 is 0 Å². The molecule has 0 aromatic rings. The Morgan fingerprint density at radius 1 is 1.04 bits per heavy atom. The number of rotatable bonds is 3. The largest absolute Gasteiger partial charge is 0.435 e. The fourth-order valence-electron chi connectivity index (χ4n) is 6.63. The number of hydrogen-bond acceptors (Lipinski definition) is 6. The van der Waals surface area contributed by atoms with Crippen LogP contribution in [0.25, 0.3) is 0 Å². The van der Waals surface area contributed by atoms with Crippen LogP contribution in [0, 0.1) is 29.6 Å². The van der Waals surface area contributed by atoms with Gasteiger partial charge in [-0.15, -0.1) is 0 Å². The van der Waals surface area contributed by atoms with Gasteiger partial charge in [-0.2, -0.15) is 0 Å². The topological polar surface area (TPSA) is 63.2 Å². The van der Waals surface area contributed by atoms with E-state index in [0.717, 1.165) is 38.5 Å².